The normalized spacial score (nSPS) is 22.3. The average Bonchev–Trinajstić information content (AvgIpc) is 2.83. The molecule has 1 aliphatic rings. The van der Waals surface area contributed by atoms with Crippen molar-refractivity contribution >= 4 is 11.8 Å². The average molecular weight is 384 g/mol. The van der Waals surface area contributed by atoms with Gasteiger partial charge in [0.15, 0.2) is 6.10 Å². The highest BCUT2D eigenvalue weighted by Gasteiger charge is 2.36. The van der Waals surface area contributed by atoms with Crippen LogP contribution in [0.3, 0.4) is 0 Å². The molecular formula is C19H32N2O6. The summed E-state index contributed by atoms with van der Waals surface area (Å²) < 4.78 is 5.02. The Labute approximate surface area is 160 Å². The Morgan fingerprint density at radius 2 is 1.89 bits per heavy atom. The number of hydrogen-bond donors (Lipinski definition) is 5. The molecule has 0 aliphatic carbocycles. The van der Waals surface area contributed by atoms with E-state index in [4.69, 9.17) is 4.74 Å². The number of carbonyl (C=O) groups is 2. The van der Waals surface area contributed by atoms with E-state index in [9.17, 15) is 24.9 Å². The lowest BCUT2D eigenvalue weighted by Crippen LogP contribution is -2.55. The SMILES string of the molecule is CO[C@@H](C(=O)N[C@H]1CCCCNC1=O)[C@H](O)[C@@H](O)[C@H](O)/C=C/C(C)=C(C)C. The van der Waals surface area contributed by atoms with Crippen LogP contribution in [0, 0.1) is 0 Å². The molecule has 154 valence electrons. The molecule has 5 N–H and O–H groups in total. The molecule has 0 aromatic heterocycles. The number of amides is 2. The van der Waals surface area contributed by atoms with Gasteiger partial charge in [0, 0.05) is 13.7 Å². The van der Waals surface area contributed by atoms with Crippen LogP contribution >= 0.6 is 0 Å². The third kappa shape index (κ3) is 7.06. The van der Waals surface area contributed by atoms with Crippen LogP contribution < -0.4 is 10.6 Å². The summed E-state index contributed by atoms with van der Waals surface area (Å²) in [6.07, 6.45) is -1.05. The van der Waals surface area contributed by atoms with E-state index >= 15 is 0 Å². The predicted molar refractivity (Wildman–Crippen MR) is 101 cm³/mol. The minimum atomic E-state index is -1.67. The van der Waals surface area contributed by atoms with Crippen LogP contribution in [0.1, 0.15) is 40.0 Å². The van der Waals surface area contributed by atoms with Gasteiger partial charge < -0.3 is 30.7 Å². The molecule has 2 amide bonds. The van der Waals surface area contributed by atoms with Crippen molar-refractivity contribution in [3.63, 3.8) is 0 Å². The van der Waals surface area contributed by atoms with Crippen molar-refractivity contribution in [1.82, 2.24) is 10.6 Å². The van der Waals surface area contributed by atoms with Crippen LogP contribution in [0.2, 0.25) is 0 Å². The van der Waals surface area contributed by atoms with E-state index in [1.54, 1.807) is 6.08 Å². The lowest BCUT2D eigenvalue weighted by molar-refractivity contribution is -0.150. The van der Waals surface area contributed by atoms with E-state index in [-0.39, 0.29) is 5.91 Å². The summed E-state index contributed by atoms with van der Waals surface area (Å²) in [5.74, 6) is -1.01. The van der Waals surface area contributed by atoms with Gasteiger partial charge in [-0.15, -0.1) is 0 Å². The summed E-state index contributed by atoms with van der Waals surface area (Å²) in [6, 6.07) is -0.716. The minimum absolute atomic E-state index is 0.286. The molecular weight excluding hydrogens is 352 g/mol. The second-order valence-corrected chi connectivity index (χ2v) is 7.02. The van der Waals surface area contributed by atoms with Gasteiger partial charge in [-0.25, -0.2) is 0 Å². The molecule has 0 unspecified atom stereocenters. The molecule has 5 atom stereocenters. The molecule has 27 heavy (non-hydrogen) atoms. The molecule has 1 heterocycles. The Balaban J connectivity index is 2.75. The summed E-state index contributed by atoms with van der Waals surface area (Å²) in [4.78, 5) is 24.4. The first-order valence-corrected chi connectivity index (χ1v) is 9.16. The highest BCUT2D eigenvalue weighted by Crippen LogP contribution is 2.13. The number of allylic oxidation sites excluding steroid dienone is 3. The number of hydrogen-bond acceptors (Lipinski definition) is 6. The Hall–Kier alpha value is -1.74. The van der Waals surface area contributed by atoms with Gasteiger partial charge >= 0.3 is 0 Å². The van der Waals surface area contributed by atoms with Gasteiger partial charge in [-0.2, -0.15) is 0 Å². The zero-order chi connectivity index (χ0) is 20.6. The fraction of sp³-hybridized carbons (Fsp3) is 0.684. The molecule has 1 rings (SSSR count). The Kier molecular flexibility index (Phi) is 9.65. The number of ether oxygens (including phenoxy) is 1. The largest absolute Gasteiger partial charge is 0.387 e. The smallest absolute Gasteiger partial charge is 0.252 e. The van der Waals surface area contributed by atoms with Crippen LogP contribution in [-0.4, -0.2) is 71.2 Å². The number of aliphatic hydroxyl groups is 3. The lowest BCUT2D eigenvalue weighted by atomic mass is 10.0. The van der Waals surface area contributed by atoms with Gasteiger partial charge in [-0.1, -0.05) is 23.3 Å². The summed E-state index contributed by atoms with van der Waals surface area (Å²) in [7, 11) is 1.21. The first-order valence-electron chi connectivity index (χ1n) is 9.16. The van der Waals surface area contributed by atoms with Gasteiger partial charge in [0.1, 0.15) is 24.4 Å². The second kappa shape index (κ2) is 11.2. The van der Waals surface area contributed by atoms with Crippen molar-refractivity contribution in [2.75, 3.05) is 13.7 Å². The third-order valence-electron chi connectivity index (χ3n) is 4.71. The minimum Gasteiger partial charge on any atom is -0.387 e. The molecule has 0 spiro atoms. The van der Waals surface area contributed by atoms with Gasteiger partial charge in [0.25, 0.3) is 5.91 Å². The monoisotopic (exact) mass is 384 g/mol. The standard InChI is InChI=1S/C19H32N2O6/c1-11(2)12(3)8-9-14(22)15(23)16(24)17(27-4)19(26)21-13-7-5-6-10-20-18(13)25/h8-9,13-17,22-24H,5-7,10H2,1-4H3,(H,20,25)(H,21,26)/b9-8+/t13-,14+,15-,16+,17+/m0/s1. The second-order valence-electron chi connectivity index (χ2n) is 7.02. The molecule has 1 fully saturated rings. The molecule has 0 aromatic rings. The summed E-state index contributed by atoms with van der Waals surface area (Å²) in [5, 5.41) is 35.8. The summed E-state index contributed by atoms with van der Waals surface area (Å²) in [6.45, 7) is 6.23. The third-order valence-corrected chi connectivity index (χ3v) is 4.71. The van der Waals surface area contributed by atoms with Gasteiger partial charge in [-0.3, -0.25) is 9.59 Å². The van der Waals surface area contributed by atoms with Crippen LogP contribution in [0.5, 0.6) is 0 Å². The van der Waals surface area contributed by atoms with Gasteiger partial charge in [-0.05, 0) is 40.0 Å². The van der Waals surface area contributed by atoms with E-state index in [1.807, 2.05) is 20.8 Å². The van der Waals surface area contributed by atoms with Crippen LogP contribution in [0.25, 0.3) is 0 Å². The van der Waals surface area contributed by atoms with E-state index in [0.717, 1.165) is 24.0 Å². The fourth-order valence-corrected chi connectivity index (χ4v) is 2.64. The molecule has 8 nitrogen and oxygen atoms in total. The van der Waals surface area contributed by atoms with E-state index < -0.39 is 36.4 Å². The number of nitrogens with one attached hydrogen (secondary N) is 2. The van der Waals surface area contributed by atoms with Crippen LogP contribution in [-0.2, 0) is 14.3 Å². The first-order chi connectivity index (χ1) is 12.7. The van der Waals surface area contributed by atoms with E-state index in [0.29, 0.717) is 13.0 Å². The molecule has 0 aromatic carbocycles. The number of rotatable bonds is 8. The van der Waals surface area contributed by atoms with Crippen LogP contribution in [0.4, 0.5) is 0 Å². The maximum atomic E-state index is 12.4. The predicted octanol–water partition coefficient (Wildman–Crippen LogP) is -0.218. The van der Waals surface area contributed by atoms with Crippen molar-refractivity contribution in [1.29, 1.82) is 0 Å². The Morgan fingerprint density at radius 1 is 1.22 bits per heavy atom. The zero-order valence-corrected chi connectivity index (χ0v) is 16.4. The lowest BCUT2D eigenvalue weighted by Gasteiger charge is -2.28. The number of aliphatic hydroxyl groups excluding tert-OH is 3. The van der Waals surface area contributed by atoms with E-state index in [2.05, 4.69) is 10.6 Å². The van der Waals surface area contributed by atoms with Gasteiger partial charge in [0.05, 0.1) is 0 Å². The topological polar surface area (TPSA) is 128 Å². The highest BCUT2D eigenvalue weighted by molar-refractivity contribution is 5.89. The van der Waals surface area contributed by atoms with E-state index in [1.165, 1.54) is 13.2 Å². The van der Waals surface area contributed by atoms with Crippen LogP contribution in [0.15, 0.2) is 23.3 Å². The molecule has 1 aliphatic heterocycles. The van der Waals surface area contributed by atoms with Crippen molar-refractivity contribution in [3.8, 4) is 0 Å². The maximum Gasteiger partial charge on any atom is 0.252 e. The molecule has 0 radical (unpaired) electrons. The number of methoxy groups -OCH3 is 1. The van der Waals surface area contributed by atoms with Crippen molar-refractivity contribution < 1.29 is 29.6 Å². The zero-order valence-electron chi connectivity index (χ0n) is 16.4. The quantitative estimate of drug-likeness (QED) is 0.368. The van der Waals surface area contributed by atoms with Crippen molar-refractivity contribution in [2.45, 2.75) is 70.5 Å². The first kappa shape index (κ1) is 23.3. The molecule has 1 saturated heterocycles. The van der Waals surface area contributed by atoms with Gasteiger partial charge in [0.2, 0.25) is 5.91 Å². The fourth-order valence-electron chi connectivity index (χ4n) is 2.64. The molecule has 8 heteroatoms. The molecule has 0 saturated carbocycles. The summed E-state index contributed by atoms with van der Waals surface area (Å²) in [5.41, 5.74) is 1.96. The maximum absolute atomic E-state index is 12.4. The molecule has 0 bridgehead atoms. The Morgan fingerprint density at radius 3 is 2.48 bits per heavy atom. The number of carbonyl (C=O) groups excluding carboxylic acids is 2. The summed E-state index contributed by atoms with van der Waals surface area (Å²) >= 11 is 0. The highest BCUT2D eigenvalue weighted by atomic mass is 16.5. The van der Waals surface area contributed by atoms with Crippen molar-refractivity contribution in [3.05, 3.63) is 23.3 Å². The Bertz CT molecular complexity index is 571. The van der Waals surface area contributed by atoms with Crippen molar-refractivity contribution in [2.24, 2.45) is 0 Å².